The molecule has 0 unspecified atom stereocenters. The van der Waals surface area contributed by atoms with E-state index in [1.807, 2.05) is 6.92 Å². The summed E-state index contributed by atoms with van der Waals surface area (Å²) >= 11 is 6.42. The standard InChI is InChI=1S/C22H14N2O6S2/c1-12-2-3-13(21(26)27)10-17(12)18-9-8-16(30-18)11-19-20(25)23(22(31)32-19)14-4-6-15(7-5-14)24(28)29/h2-11H,1H3,(H,26,27)/b19-11+. The third-order valence-electron chi connectivity index (χ3n) is 4.76. The molecule has 0 radical (unpaired) electrons. The number of carbonyl (C=O) groups excluding carboxylic acids is 1. The van der Waals surface area contributed by atoms with Crippen LogP contribution in [0.25, 0.3) is 17.4 Å². The molecule has 1 saturated heterocycles. The third-order valence-corrected chi connectivity index (χ3v) is 6.06. The number of rotatable bonds is 5. The van der Waals surface area contributed by atoms with E-state index in [0.717, 1.165) is 17.3 Å². The van der Waals surface area contributed by atoms with Crippen molar-refractivity contribution >= 4 is 57.6 Å². The molecule has 4 rings (SSSR count). The molecular formula is C22H14N2O6S2. The van der Waals surface area contributed by atoms with Gasteiger partial charge in [0.25, 0.3) is 11.6 Å². The molecule has 1 amide bonds. The number of hydrogen-bond acceptors (Lipinski definition) is 7. The molecule has 10 heteroatoms. The topological polar surface area (TPSA) is 114 Å². The predicted molar refractivity (Wildman–Crippen MR) is 125 cm³/mol. The highest BCUT2D eigenvalue weighted by Gasteiger charge is 2.33. The maximum absolute atomic E-state index is 12.9. The second-order valence-corrected chi connectivity index (χ2v) is 8.50. The molecule has 0 saturated carbocycles. The van der Waals surface area contributed by atoms with E-state index in [0.29, 0.717) is 32.0 Å². The Morgan fingerprint density at radius 1 is 1.19 bits per heavy atom. The Kier molecular flexibility index (Phi) is 5.64. The van der Waals surface area contributed by atoms with Gasteiger partial charge in [0.1, 0.15) is 11.5 Å². The molecule has 1 aliphatic rings. The quantitative estimate of drug-likeness (QED) is 0.234. The Morgan fingerprint density at radius 3 is 2.56 bits per heavy atom. The Hall–Kier alpha value is -3.76. The predicted octanol–water partition coefficient (Wildman–Crippen LogP) is 5.27. The first kappa shape index (κ1) is 21.5. The van der Waals surface area contributed by atoms with Crippen molar-refractivity contribution in [2.45, 2.75) is 6.92 Å². The molecule has 0 atom stereocenters. The molecular weight excluding hydrogens is 452 g/mol. The minimum Gasteiger partial charge on any atom is -0.478 e. The lowest BCUT2D eigenvalue weighted by atomic mass is 10.0. The number of carbonyl (C=O) groups is 2. The molecule has 0 aliphatic carbocycles. The fraction of sp³-hybridized carbons (Fsp3) is 0.0455. The largest absolute Gasteiger partial charge is 0.478 e. The van der Waals surface area contributed by atoms with Gasteiger partial charge in [-0.05, 0) is 48.9 Å². The first-order valence-corrected chi connectivity index (χ1v) is 10.4. The Bertz CT molecular complexity index is 1310. The van der Waals surface area contributed by atoms with E-state index < -0.39 is 10.9 Å². The zero-order valence-electron chi connectivity index (χ0n) is 16.5. The van der Waals surface area contributed by atoms with Gasteiger partial charge in [0, 0.05) is 23.8 Å². The van der Waals surface area contributed by atoms with Crippen LogP contribution in [0.3, 0.4) is 0 Å². The number of nitro benzene ring substituents is 1. The zero-order chi connectivity index (χ0) is 23.0. The summed E-state index contributed by atoms with van der Waals surface area (Å²) in [6.07, 6.45) is 1.56. The number of anilines is 1. The monoisotopic (exact) mass is 466 g/mol. The second-order valence-electron chi connectivity index (χ2n) is 6.83. The van der Waals surface area contributed by atoms with Crippen LogP contribution in [-0.2, 0) is 4.79 Å². The SMILES string of the molecule is Cc1ccc(C(=O)O)cc1-c1ccc(/C=C2/SC(=S)N(c3ccc([N+](=O)[O-])cc3)C2=O)o1. The van der Waals surface area contributed by atoms with E-state index in [1.165, 1.54) is 41.3 Å². The van der Waals surface area contributed by atoms with Crippen molar-refractivity contribution in [3.05, 3.63) is 86.5 Å². The molecule has 0 spiro atoms. The van der Waals surface area contributed by atoms with Crippen molar-refractivity contribution in [3.63, 3.8) is 0 Å². The fourth-order valence-corrected chi connectivity index (χ4v) is 4.42. The number of thioether (sulfide) groups is 1. The van der Waals surface area contributed by atoms with E-state index in [2.05, 4.69) is 0 Å². The number of nitrogens with zero attached hydrogens (tertiary/aromatic N) is 2. The average Bonchev–Trinajstić information content (AvgIpc) is 3.32. The van der Waals surface area contributed by atoms with Crippen molar-refractivity contribution in [1.82, 2.24) is 0 Å². The summed E-state index contributed by atoms with van der Waals surface area (Å²) in [7, 11) is 0. The van der Waals surface area contributed by atoms with Crippen LogP contribution in [-0.4, -0.2) is 26.2 Å². The van der Waals surface area contributed by atoms with Gasteiger partial charge in [-0.25, -0.2) is 4.79 Å². The Labute approximate surface area is 191 Å². The number of carboxylic acids is 1. The summed E-state index contributed by atoms with van der Waals surface area (Å²) in [6, 6.07) is 13.7. The van der Waals surface area contributed by atoms with Crippen molar-refractivity contribution in [1.29, 1.82) is 0 Å². The van der Waals surface area contributed by atoms with Crippen LogP contribution in [0.5, 0.6) is 0 Å². The van der Waals surface area contributed by atoms with Crippen molar-refractivity contribution in [3.8, 4) is 11.3 Å². The molecule has 1 N–H and O–H groups in total. The highest BCUT2D eigenvalue weighted by molar-refractivity contribution is 8.27. The van der Waals surface area contributed by atoms with Gasteiger partial charge in [0.05, 0.1) is 21.1 Å². The molecule has 1 fully saturated rings. The Morgan fingerprint density at radius 2 is 1.91 bits per heavy atom. The summed E-state index contributed by atoms with van der Waals surface area (Å²) < 4.78 is 6.14. The van der Waals surface area contributed by atoms with Crippen LogP contribution in [0, 0.1) is 17.0 Å². The van der Waals surface area contributed by atoms with Crippen LogP contribution in [0.1, 0.15) is 21.7 Å². The number of thiocarbonyl (C=S) groups is 1. The lowest BCUT2D eigenvalue weighted by Gasteiger charge is -2.13. The van der Waals surface area contributed by atoms with Gasteiger partial charge in [-0.2, -0.15) is 0 Å². The number of furan rings is 1. The number of carboxylic acid groups (broad SMARTS) is 1. The molecule has 3 aromatic rings. The van der Waals surface area contributed by atoms with Crippen LogP contribution in [0.4, 0.5) is 11.4 Å². The number of amides is 1. The lowest BCUT2D eigenvalue weighted by molar-refractivity contribution is -0.384. The van der Waals surface area contributed by atoms with Gasteiger partial charge in [-0.3, -0.25) is 19.8 Å². The van der Waals surface area contributed by atoms with E-state index in [1.54, 1.807) is 24.3 Å². The van der Waals surface area contributed by atoms with E-state index in [9.17, 15) is 24.8 Å². The number of aromatic carboxylic acids is 1. The molecule has 1 aliphatic heterocycles. The van der Waals surface area contributed by atoms with Crippen LogP contribution in [0.15, 0.2) is 63.9 Å². The molecule has 0 bridgehead atoms. The fourth-order valence-electron chi connectivity index (χ4n) is 3.14. The maximum Gasteiger partial charge on any atom is 0.335 e. The van der Waals surface area contributed by atoms with Crippen molar-refractivity contribution in [2.75, 3.05) is 4.90 Å². The van der Waals surface area contributed by atoms with Gasteiger partial charge in [0.15, 0.2) is 4.32 Å². The van der Waals surface area contributed by atoms with Gasteiger partial charge >= 0.3 is 5.97 Å². The molecule has 1 aromatic heterocycles. The minimum atomic E-state index is -1.03. The summed E-state index contributed by atoms with van der Waals surface area (Å²) in [5, 5.41) is 20.1. The number of hydrogen-bond donors (Lipinski definition) is 1. The number of benzene rings is 2. The normalized spacial score (nSPS) is 14.9. The van der Waals surface area contributed by atoms with Crippen molar-refractivity contribution < 1.29 is 24.0 Å². The van der Waals surface area contributed by atoms with Gasteiger partial charge in [0.2, 0.25) is 0 Å². The molecule has 2 aromatic carbocycles. The zero-order valence-corrected chi connectivity index (χ0v) is 18.1. The summed E-state index contributed by atoms with van der Waals surface area (Å²) in [4.78, 5) is 36.1. The van der Waals surface area contributed by atoms with E-state index in [-0.39, 0.29) is 17.2 Å². The van der Waals surface area contributed by atoms with E-state index >= 15 is 0 Å². The van der Waals surface area contributed by atoms with Crippen molar-refractivity contribution in [2.24, 2.45) is 0 Å². The number of non-ortho nitro benzene ring substituents is 1. The average molecular weight is 466 g/mol. The minimum absolute atomic E-state index is 0.0832. The second kappa shape index (κ2) is 8.40. The molecule has 2 heterocycles. The maximum atomic E-state index is 12.9. The molecule has 160 valence electrons. The molecule has 8 nitrogen and oxygen atoms in total. The van der Waals surface area contributed by atoms with Gasteiger partial charge < -0.3 is 9.52 Å². The smallest absolute Gasteiger partial charge is 0.335 e. The summed E-state index contributed by atoms with van der Waals surface area (Å²) in [5.74, 6) is -0.518. The van der Waals surface area contributed by atoms with Crippen LogP contribution in [0.2, 0.25) is 0 Å². The van der Waals surface area contributed by atoms with Crippen LogP contribution >= 0.6 is 24.0 Å². The third kappa shape index (κ3) is 4.05. The first-order chi connectivity index (χ1) is 15.2. The summed E-state index contributed by atoms with van der Waals surface area (Å²) in [6.45, 7) is 1.85. The highest BCUT2D eigenvalue weighted by Crippen LogP contribution is 2.37. The first-order valence-electron chi connectivity index (χ1n) is 9.21. The lowest BCUT2D eigenvalue weighted by Crippen LogP contribution is -2.27. The van der Waals surface area contributed by atoms with E-state index in [4.69, 9.17) is 16.6 Å². The molecule has 32 heavy (non-hydrogen) atoms. The summed E-state index contributed by atoms with van der Waals surface area (Å²) in [5.41, 5.74) is 1.98. The number of aryl methyl sites for hydroxylation is 1. The highest BCUT2D eigenvalue weighted by atomic mass is 32.2. The van der Waals surface area contributed by atoms with Gasteiger partial charge in [-0.15, -0.1) is 0 Å². The van der Waals surface area contributed by atoms with Crippen LogP contribution < -0.4 is 4.90 Å². The Balaban J connectivity index is 1.61. The number of nitro groups is 1. The van der Waals surface area contributed by atoms with Gasteiger partial charge in [-0.1, -0.05) is 30.0 Å².